The Kier molecular flexibility index (Phi) is 5.32. The van der Waals surface area contributed by atoms with Crippen molar-refractivity contribution in [3.63, 3.8) is 0 Å². The van der Waals surface area contributed by atoms with Crippen LogP contribution in [0.3, 0.4) is 0 Å². The standard InChI is InChI=1S/C20H21NO4S/c22-20(21-8-10-23-11-9-21)19(15-4-2-1-3-5-15)26-16-6-7-17-18(14-16)25-13-12-24-17/h1-7,14,19H,8-13H2/t19-/m0/s1. The summed E-state index contributed by atoms with van der Waals surface area (Å²) in [5.74, 6) is 1.63. The fourth-order valence-corrected chi connectivity index (χ4v) is 4.21. The lowest BCUT2D eigenvalue weighted by atomic mass is 10.1. The third-order valence-corrected chi connectivity index (χ3v) is 5.65. The molecule has 2 aliphatic rings. The summed E-state index contributed by atoms with van der Waals surface area (Å²) in [6.45, 7) is 3.61. The van der Waals surface area contributed by atoms with E-state index < -0.39 is 0 Å². The van der Waals surface area contributed by atoms with Crippen molar-refractivity contribution in [3.8, 4) is 11.5 Å². The summed E-state index contributed by atoms with van der Waals surface area (Å²) in [7, 11) is 0. The van der Waals surface area contributed by atoms with Crippen LogP contribution in [0.5, 0.6) is 11.5 Å². The van der Waals surface area contributed by atoms with Gasteiger partial charge in [0.15, 0.2) is 11.5 Å². The number of ether oxygens (including phenoxy) is 3. The molecule has 0 spiro atoms. The molecule has 0 aliphatic carbocycles. The van der Waals surface area contributed by atoms with Crippen LogP contribution in [0.2, 0.25) is 0 Å². The van der Waals surface area contributed by atoms with E-state index >= 15 is 0 Å². The molecule has 1 amide bonds. The van der Waals surface area contributed by atoms with Gasteiger partial charge in [-0.2, -0.15) is 0 Å². The first-order valence-electron chi connectivity index (χ1n) is 8.79. The molecule has 2 heterocycles. The number of thioether (sulfide) groups is 1. The number of amides is 1. The van der Waals surface area contributed by atoms with Gasteiger partial charge in [0.05, 0.1) is 13.2 Å². The first kappa shape index (κ1) is 17.2. The number of carbonyl (C=O) groups excluding carboxylic acids is 1. The van der Waals surface area contributed by atoms with Crippen LogP contribution in [0.4, 0.5) is 0 Å². The van der Waals surface area contributed by atoms with Gasteiger partial charge in [-0.05, 0) is 23.8 Å². The highest BCUT2D eigenvalue weighted by Crippen LogP contribution is 2.41. The van der Waals surface area contributed by atoms with Crippen LogP contribution in [-0.4, -0.2) is 50.3 Å². The molecular formula is C20H21NO4S. The van der Waals surface area contributed by atoms with Crippen molar-refractivity contribution >= 4 is 17.7 Å². The van der Waals surface area contributed by atoms with Crippen LogP contribution in [0.1, 0.15) is 10.8 Å². The lowest BCUT2D eigenvalue weighted by Gasteiger charge is -2.30. The van der Waals surface area contributed by atoms with Crippen LogP contribution in [-0.2, 0) is 9.53 Å². The van der Waals surface area contributed by atoms with Gasteiger partial charge in [0.25, 0.3) is 0 Å². The largest absolute Gasteiger partial charge is 0.486 e. The fourth-order valence-electron chi connectivity index (χ4n) is 3.07. The summed E-state index contributed by atoms with van der Waals surface area (Å²) in [5, 5.41) is -0.295. The maximum absolute atomic E-state index is 13.2. The van der Waals surface area contributed by atoms with Crippen LogP contribution in [0, 0.1) is 0 Å². The third kappa shape index (κ3) is 3.81. The van der Waals surface area contributed by atoms with Gasteiger partial charge in [0, 0.05) is 18.0 Å². The predicted molar refractivity (Wildman–Crippen MR) is 99.9 cm³/mol. The molecule has 136 valence electrons. The molecule has 1 atom stereocenters. The summed E-state index contributed by atoms with van der Waals surface area (Å²) < 4.78 is 16.7. The highest BCUT2D eigenvalue weighted by molar-refractivity contribution is 8.00. The lowest BCUT2D eigenvalue weighted by molar-refractivity contribution is -0.134. The number of morpholine rings is 1. The first-order chi connectivity index (χ1) is 12.8. The quantitative estimate of drug-likeness (QED) is 0.773. The molecule has 1 saturated heterocycles. The fraction of sp³-hybridized carbons (Fsp3) is 0.350. The zero-order chi connectivity index (χ0) is 17.8. The number of benzene rings is 2. The third-order valence-electron chi connectivity index (χ3n) is 4.42. The molecule has 26 heavy (non-hydrogen) atoms. The van der Waals surface area contributed by atoms with Gasteiger partial charge in [-0.3, -0.25) is 4.79 Å². The van der Waals surface area contributed by atoms with Gasteiger partial charge in [0.1, 0.15) is 18.5 Å². The monoisotopic (exact) mass is 371 g/mol. The Morgan fingerprint density at radius 2 is 1.65 bits per heavy atom. The molecule has 0 radical (unpaired) electrons. The Labute approximate surface area is 157 Å². The molecule has 4 rings (SSSR count). The maximum atomic E-state index is 13.2. The van der Waals surface area contributed by atoms with Crippen molar-refractivity contribution in [2.24, 2.45) is 0 Å². The van der Waals surface area contributed by atoms with E-state index in [1.165, 1.54) is 0 Å². The van der Waals surface area contributed by atoms with Crippen molar-refractivity contribution in [2.45, 2.75) is 10.1 Å². The molecule has 2 aliphatic heterocycles. The molecular weight excluding hydrogens is 350 g/mol. The topological polar surface area (TPSA) is 48.0 Å². The number of carbonyl (C=O) groups is 1. The minimum atomic E-state index is -0.295. The Balaban J connectivity index is 1.59. The zero-order valence-electron chi connectivity index (χ0n) is 14.4. The second kappa shape index (κ2) is 8.01. The van der Waals surface area contributed by atoms with Crippen molar-refractivity contribution in [3.05, 3.63) is 54.1 Å². The van der Waals surface area contributed by atoms with Gasteiger partial charge in [-0.25, -0.2) is 0 Å². The summed E-state index contributed by atoms with van der Waals surface area (Å²) in [4.78, 5) is 16.1. The molecule has 5 nitrogen and oxygen atoms in total. The van der Waals surface area contributed by atoms with Crippen LogP contribution in [0.25, 0.3) is 0 Å². The van der Waals surface area contributed by atoms with Crippen molar-refractivity contribution in [1.82, 2.24) is 4.90 Å². The molecule has 0 aromatic heterocycles. The number of hydrogen-bond acceptors (Lipinski definition) is 5. The molecule has 2 aromatic carbocycles. The van der Waals surface area contributed by atoms with E-state index in [2.05, 4.69) is 0 Å². The second-order valence-electron chi connectivity index (χ2n) is 6.15. The van der Waals surface area contributed by atoms with Crippen molar-refractivity contribution in [2.75, 3.05) is 39.5 Å². The number of hydrogen-bond donors (Lipinski definition) is 0. The van der Waals surface area contributed by atoms with Gasteiger partial charge >= 0.3 is 0 Å². The highest BCUT2D eigenvalue weighted by atomic mass is 32.2. The van der Waals surface area contributed by atoms with Crippen LogP contribution >= 0.6 is 11.8 Å². The van der Waals surface area contributed by atoms with E-state index in [-0.39, 0.29) is 11.2 Å². The Bertz CT molecular complexity index is 762. The summed E-state index contributed by atoms with van der Waals surface area (Å²) in [5.41, 5.74) is 1.00. The molecule has 0 unspecified atom stereocenters. The van der Waals surface area contributed by atoms with E-state index in [4.69, 9.17) is 14.2 Å². The molecule has 0 N–H and O–H groups in total. The Morgan fingerprint density at radius 3 is 2.42 bits per heavy atom. The average molecular weight is 371 g/mol. The molecule has 1 fully saturated rings. The maximum Gasteiger partial charge on any atom is 0.240 e. The van der Waals surface area contributed by atoms with E-state index in [0.717, 1.165) is 22.0 Å². The smallest absolute Gasteiger partial charge is 0.240 e. The average Bonchev–Trinajstić information content (AvgIpc) is 2.73. The molecule has 6 heteroatoms. The number of nitrogens with zero attached hydrogens (tertiary/aromatic N) is 1. The van der Waals surface area contributed by atoms with Gasteiger partial charge in [-0.15, -0.1) is 11.8 Å². The van der Waals surface area contributed by atoms with E-state index in [0.29, 0.717) is 39.5 Å². The Morgan fingerprint density at radius 1 is 0.923 bits per heavy atom. The summed E-state index contributed by atoms with van der Waals surface area (Å²) >= 11 is 1.55. The molecule has 0 saturated carbocycles. The molecule has 0 bridgehead atoms. The van der Waals surface area contributed by atoms with E-state index in [1.54, 1.807) is 11.8 Å². The SMILES string of the molecule is O=C([C@@H](Sc1ccc2c(c1)OCCO2)c1ccccc1)N1CCOCC1. The van der Waals surface area contributed by atoms with Crippen molar-refractivity contribution in [1.29, 1.82) is 0 Å². The second-order valence-corrected chi connectivity index (χ2v) is 7.33. The lowest BCUT2D eigenvalue weighted by Crippen LogP contribution is -2.42. The minimum Gasteiger partial charge on any atom is -0.486 e. The minimum absolute atomic E-state index is 0.124. The highest BCUT2D eigenvalue weighted by Gasteiger charge is 2.28. The summed E-state index contributed by atoms with van der Waals surface area (Å²) in [6.07, 6.45) is 0. The number of fused-ring (bicyclic) bond motifs is 1. The Hall–Kier alpha value is -2.18. The van der Waals surface area contributed by atoms with Crippen molar-refractivity contribution < 1.29 is 19.0 Å². The van der Waals surface area contributed by atoms with Gasteiger partial charge in [-0.1, -0.05) is 30.3 Å². The van der Waals surface area contributed by atoms with Gasteiger partial charge < -0.3 is 19.1 Å². The summed E-state index contributed by atoms with van der Waals surface area (Å²) in [6, 6.07) is 15.8. The first-order valence-corrected chi connectivity index (χ1v) is 9.67. The number of rotatable bonds is 4. The molecule has 2 aromatic rings. The normalized spacial score (nSPS) is 17.6. The zero-order valence-corrected chi connectivity index (χ0v) is 15.2. The van der Waals surface area contributed by atoms with Crippen LogP contribution in [0.15, 0.2) is 53.4 Å². The van der Waals surface area contributed by atoms with E-state index in [9.17, 15) is 4.79 Å². The van der Waals surface area contributed by atoms with E-state index in [1.807, 2.05) is 53.4 Å². The predicted octanol–water partition coefficient (Wildman–Crippen LogP) is 3.15. The van der Waals surface area contributed by atoms with Gasteiger partial charge in [0.2, 0.25) is 5.91 Å². The van der Waals surface area contributed by atoms with Crippen LogP contribution < -0.4 is 9.47 Å².